The van der Waals surface area contributed by atoms with E-state index in [1.165, 1.54) is 12.1 Å². The number of alkyl halides is 3. The van der Waals surface area contributed by atoms with Crippen LogP contribution in [0.25, 0.3) is 0 Å². The molecule has 3 nitrogen and oxygen atoms in total. The van der Waals surface area contributed by atoms with Gasteiger partial charge in [-0.25, -0.2) is 0 Å². The molecule has 0 unspecified atom stereocenters. The van der Waals surface area contributed by atoms with Crippen LogP contribution in [0.1, 0.15) is 18.4 Å². The molecule has 102 valence electrons. The Kier molecular flexibility index (Phi) is 3.42. The third kappa shape index (κ3) is 2.99. The van der Waals surface area contributed by atoms with Crippen molar-refractivity contribution in [3.05, 3.63) is 29.8 Å². The number of hydrogen-bond donors (Lipinski definition) is 1. The number of rotatable bonds is 1. The minimum absolute atomic E-state index is 0.518. The SMILES string of the molecule is N#CC1(N)CCN(c2ccc(C(F)(F)F)cc2)CC1. The van der Waals surface area contributed by atoms with E-state index in [9.17, 15) is 13.2 Å². The summed E-state index contributed by atoms with van der Waals surface area (Å²) in [6.45, 7) is 1.16. The van der Waals surface area contributed by atoms with Gasteiger partial charge in [-0.1, -0.05) is 0 Å². The van der Waals surface area contributed by atoms with Crippen LogP contribution < -0.4 is 10.6 Å². The van der Waals surface area contributed by atoms with Crippen molar-refractivity contribution in [1.82, 2.24) is 0 Å². The maximum atomic E-state index is 12.4. The lowest BCUT2D eigenvalue weighted by Gasteiger charge is -2.36. The maximum Gasteiger partial charge on any atom is 0.416 e. The van der Waals surface area contributed by atoms with E-state index in [-0.39, 0.29) is 0 Å². The minimum Gasteiger partial charge on any atom is -0.371 e. The number of nitrogens with two attached hydrogens (primary N) is 1. The predicted molar refractivity (Wildman–Crippen MR) is 65.4 cm³/mol. The largest absolute Gasteiger partial charge is 0.416 e. The average Bonchev–Trinajstić information content (AvgIpc) is 2.39. The standard InChI is InChI=1S/C13H14F3N3/c14-13(15,16)10-1-3-11(4-2-10)19-7-5-12(18,9-17)6-8-19/h1-4H,5-8,18H2. The zero-order chi connectivity index (χ0) is 14.1. The van der Waals surface area contributed by atoms with E-state index in [1.807, 2.05) is 4.90 Å². The first-order chi connectivity index (χ1) is 8.84. The predicted octanol–water partition coefficient (Wildman–Crippen LogP) is 2.53. The van der Waals surface area contributed by atoms with Gasteiger partial charge in [0.15, 0.2) is 0 Å². The highest BCUT2D eigenvalue weighted by Gasteiger charge is 2.32. The second-order valence-corrected chi connectivity index (χ2v) is 4.80. The highest BCUT2D eigenvalue weighted by Crippen LogP contribution is 2.31. The lowest BCUT2D eigenvalue weighted by molar-refractivity contribution is -0.137. The summed E-state index contributed by atoms with van der Waals surface area (Å²) >= 11 is 0. The topological polar surface area (TPSA) is 53.1 Å². The third-order valence-electron chi connectivity index (χ3n) is 3.44. The van der Waals surface area contributed by atoms with Gasteiger partial charge in [-0.15, -0.1) is 0 Å². The van der Waals surface area contributed by atoms with Crippen molar-refractivity contribution in [2.24, 2.45) is 5.73 Å². The molecule has 6 heteroatoms. The summed E-state index contributed by atoms with van der Waals surface area (Å²) in [5.74, 6) is 0. The summed E-state index contributed by atoms with van der Waals surface area (Å²) in [5.41, 5.74) is 5.12. The van der Waals surface area contributed by atoms with Crippen molar-refractivity contribution >= 4 is 5.69 Å². The smallest absolute Gasteiger partial charge is 0.371 e. The Hall–Kier alpha value is -1.74. The van der Waals surface area contributed by atoms with Crippen LogP contribution in [0.5, 0.6) is 0 Å². The first-order valence-electron chi connectivity index (χ1n) is 5.96. The van der Waals surface area contributed by atoms with Crippen LogP contribution in [-0.4, -0.2) is 18.6 Å². The fourth-order valence-electron chi connectivity index (χ4n) is 2.14. The van der Waals surface area contributed by atoms with Gasteiger partial charge in [0.25, 0.3) is 0 Å². The van der Waals surface area contributed by atoms with Crippen molar-refractivity contribution in [2.45, 2.75) is 24.6 Å². The first-order valence-corrected chi connectivity index (χ1v) is 5.96. The molecule has 2 rings (SSSR count). The lowest BCUT2D eigenvalue weighted by atomic mass is 9.90. The zero-order valence-corrected chi connectivity index (χ0v) is 10.2. The molecule has 1 heterocycles. The Morgan fingerprint density at radius 2 is 1.68 bits per heavy atom. The van der Waals surface area contributed by atoms with E-state index >= 15 is 0 Å². The summed E-state index contributed by atoms with van der Waals surface area (Å²) in [4.78, 5) is 1.95. The second-order valence-electron chi connectivity index (χ2n) is 4.80. The van der Waals surface area contributed by atoms with E-state index in [2.05, 4.69) is 6.07 Å². The second kappa shape index (κ2) is 4.74. The molecule has 1 aromatic rings. The van der Waals surface area contributed by atoms with Crippen molar-refractivity contribution in [2.75, 3.05) is 18.0 Å². The van der Waals surface area contributed by atoms with Gasteiger partial charge in [-0.2, -0.15) is 18.4 Å². The van der Waals surface area contributed by atoms with Crippen LogP contribution in [0.4, 0.5) is 18.9 Å². The molecular formula is C13H14F3N3. The Balaban J connectivity index is 2.07. The molecule has 1 aliphatic rings. The summed E-state index contributed by atoms with van der Waals surface area (Å²) in [5, 5.41) is 8.91. The third-order valence-corrected chi connectivity index (χ3v) is 3.44. The van der Waals surface area contributed by atoms with E-state index in [0.717, 1.165) is 17.8 Å². The van der Waals surface area contributed by atoms with E-state index < -0.39 is 17.3 Å². The van der Waals surface area contributed by atoms with Crippen molar-refractivity contribution < 1.29 is 13.2 Å². The van der Waals surface area contributed by atoms with Gasteiger partial charge in [0, 0.05) is 18.8 Å². The van der Waals surface area contributed by atoms with E-state index in [4.69, 9.17) is 11.0 Å². The van der Waals surface area contributed by atoms with Crippen LogP contribution in [0.2, 0.25) is 0 Å². The molecule has 1 fully saturated rings. The molecule has 2 N–H and O–H groups in total. The number of nitriles is 1. The van der Waals surface area contributed by atoms with Crippen LogP contribution in [-0.2, 0) is 6.18 Å². The molecule has 1 saturated heterocycles. The van der Waals surface area contributed by atoms with Crippen LogP contribution >= 0.6 is 0 Å². The molecule has 0 spiro atoms. The monoisotopic (exact) mass is 269 g/mol. The zero-order valence-electron chi connectivity index (χ0n) is 10.2. The number of halogens is 3. The maximum absolute atomic E-state index is 12.4. The fraction of sp³-hybridized carbons (Fsp3) is 0.462. The highest BCUT2D eigenvalue weighted by atomic mass is 19.4. The molecule has 0 aliphatic carbocycles. The van der Waals surface area contributed by atoms with Gasteiger partial charge in [-0.3, -0.25) is 0 Å². The Labute approximate surface area is 109 Å². The minimum atomic E-state index is -4.31. The van der Waals surface area contributed by atoms with Gasteiger partial charge in [0.05, 0.1) is 11.6 Å². The van der Waals surface area contributed by atoms with E-state index in [1.54, 1.807) is 0 Å². The van der Waals surface area contributed by atoms with Crippen molar-refractivity contribution in [3.8, 4) is 6.07 Å². The lowest BCUT2D eigenvalue weighted by Crippen LogP contribution is -2.49. The van der Waals surface area contributed by atoms with Gasteiger partial charge in [-0.05, 0) is 37.1 Å². The first kappa shape index (κ1) is 13.7. The molecule has 0 amide bonds. The van der Waals surface area contributed by atoms with Gasteiger partial charge in [0.1, 0.15) is 5.54 Å². The molecule has 0 saturated carbocycles. The number of nitrogens with zero attached hydrogens (tertiary/aromatic N) is 2. The number of hydrogen-bond acceptors (Lipinski definition) is 3. The number of benzene rings is 1. The summed E-state index contributed by atoms with van der Waals surface area (Å²) < 4.78 is 37.3. The molecule has 1 aromatic carbocycles. The summed E-state index contributed by atoms with van der Waals surface area (Å²) in [6.07, 6.45) is -3.28. The summed E-state index contributed by atoms with van der Waals surface area (Å²) in [7, 11) is 0. The Morgan fingerprint density at radius 1 is 1.16 bits per heavy atom. The number of anilines is 1. The Morgan fingerprint density at radius 3 is 2.11 bits per heavy atom. The number of piperidine rings is 1. The fourth-order valence-corrected chi connectivity index (χ4v) is 2.14. The molecule has 0 atom stereocenters. The molecule has 0 aromatic heterocycles. The summed E-state index contributed by atoms with van der Waals surface area (Å²) in [6, 6.07) is 7.14. The molecule has 0 bridgehead atoms. The molecular weight excluding hydrogens is 255 g/mol. The normalized spacial score (nSPS) is 19.0. The Bertz CT molecular complexity index is 479. The van der Waals surface area contributed by atoms with Crippen molar-refractivity contribution in [3.63, 3.8) is 0 Å². The molecule has 1 aliphatic heterocycles. The van der Waals surface area contributed by atoms with Gasteiger partial charge < -0.3 is 10.6 Å². The van der Waals surface area contributed by atoms with Crippen LogP contribution in [0.15, 0.2) is 24.3 Å². The van der Waals surface area contributed by atoms with Crippen LogP contribution in [0.3, 0.4) is 0 Å². The average molecular weight is 269 g/mol. The van der Waals surface area contributed by atoms with Crippen LogP contribution in [0, 0.1) is 11.3 Å². The van der Waals surface area contributed by atoms with E-state index in [0.29, 0.717) is 25.9 Å². The van der Waals surface area contributed by atoms with Gasteiger partial charge in [0.2, 0.25) is 0 Å². The van der Waals surface area contributed by atoms with Gasteiger partial charge >= 0.3 is 6.18 Å². The van der Waals surface area contributed by atoms with Crippen molar-refractivity contribution in [1.29, 1.82) is 5.26 Å². The molecule has 0 radical (unpaired) electrons. The quantitative estimate of drug-likeness (QED) is 0.852. The molecule has 19 heavy (non-hydrogen) atoms. The highest BCUT2D eigenvalue weighted by molar-refractivity contribution is 5.48.